The van der Waals surface area contributed by atoms with Gasteiger partial charge < -0.3 is 5.32 Å². The molecule has 1 aromatic heterocycles. The van der Waals surface area contributed by atoms with Crippen LogP contribution in [0.3, 0.4) is 0 Å². The fraction of sp³-hybridized carbons (Fsp3) is 0.882. The number of nitrogens with one attached hydrogen (secondary N) is 1. The molecule has 1 N–H and O–H groups in total. The van der Waals surface area contributed by atoms with Crippen LogP contribution in [0.25, 0.3) is 0 Å². The lowest BCUT2D eigenvalue weighted by Crippen LogP contribution is -2.56. The summed E-state index contributed by atoms with van der Waals surface area (Å²) in [4.78, 5) is 0. The van der Waals surface area contributed by atoms with Crippen molar-refractivity contribution in [2.45, 2.75) is 57.9 Å². The SMILES string of the molecule is CCNC(Cc1cn(C)nn1)C12CC3CC(CC(C3)C1)C2. The lowest BCUT2D eigenvalue weighted by atomic mass is 9.47. The second-order valence-corrected chi connectivity index (χ2v) is 7.98. The van der Waals surface area contributed by atoms with Crippen molar-refractivity contribution < 1.29 is 0 Å². The molecule has 0 aromatic carbocycles. The maximum absolute atomic E-state index is 4.34. The van der Waals surface area contributed by atoms with Gasteiger partial charge >= 0.3 is 0 Å². The summed E-state index contributed by atoms with van der Waals surface area (Å²) in [6.07, 6.45) is 12.1. The number of hydrogen-bond donors (Lipinski definition) is 1. The molecule has 4 saturated carbocycles. The van der Waals surface area contributed by atoms with Gasteiger partial charge in [-0.2, -0.15) is 0 Å². The van der Waals surface area contributed by atoms with Crippen LogP contribution < -0.4 is 5.32 Å². The number of aryl methyl sites for hydroxylation is 1. The highest BCUT2D eigenvalue weighted by Gasteiger charge is 2.53. The summed E-state index contributed by atoms with van der Waals surface area (Å²) < 4.78 is 1.83. The molecule has 4 fully saturated rings. The van der Waals surface area contributed by atoms with E-state index in [1.54, 1.807) is 0 Å². The van der Waals surface area contributed by atoms with E-state index in [9.17, 15) is 0 Å². The number of hydrogen-bond acceptors (Lipinski definition) is 3. The monoisotopic (exact) mass is 288 g/mol. The minimum Gasteiger partial charge on any atom is -0.313 e. The predicted octanol–water partition coefficient (Wildman–Crippen LogP) is 2.55. The van der Waals surface area contributed by atoms with Crippen molar-refractivity contribution in [3.8, 4) is 0 Å². The first-order chi connectivity index (χ1) is 10.2. The van der Waals surface area contributed by atoms with E-state index in [4.69, 9.17) is 0 Å². The van der Waals surface area contributed by atoms with Gasteiger partial charge in [0.05, 0.1) is 5.69 Å². The van der Waals surface area contributed by atoms with Gasteiger partial charge in [-0.25, -0.2) is 0 Å². The molecule has 1 aromatic rings. The molecule has 1 unspecified atom stereocenters. The summed E-state index contributed by atoms with van der Waals surface area (Å²) in [6.45, 7) is 3.30. The Morgan fingerprint density at radius 2 is 1.86 bits per heavy atom. The highest BCUT2D eigenvalue weighted by atomic mass is 15.4. The zero-order valence-corrected chi connectivity index (χ0v) is 13.4. The minimum absolute atomic E-state index is 0.544. The molecule has 4 aliphatic carbocycles. The maximum atomic E-state index is 4.34. The molecule has 116 valence electrons. The molecule has 4 bridgehead atoms. The van der Waals surface area contributed by atoms with E-state index in [-0.39, 0.29) is 0 Å². The summed E-state index contributed by atoms with van der Waals surface area (Å²) in [5, 5.41) is 12.3. The highest BCUT2D eigenvalue weighted by Crippen LogP contribution is 2.61. The largest absolute Gasteiger partial charge is 0.313 e. The summed E-state index contributed by atoms with van der Waals surface area (Å²) in [6, 6.07) is 0.590. The summed E-state index contributed by atoms with van der Waals surface area (Å²) in [5.41, 5.74) is 1.70. The smallest absolute Gasteiger partial charge is 0.0842 e. The van der Waals surface area contributed by atoms with Crippen molar-refractivity contribution >= 4 is 0 Å². The Morgan fingerprint density at radius 3 is 2.33 bits per heavy atom. The molecule has 1 heterocycles. The number of nitrogens with zero attached hydrogens (tertiary/aromatic N) is 3. The van der Waals surface area contributed by atoms with Crippen molar-refractivity contribution in [1.82, 2.24) is 20.3 Å². The topological polar surface area (TPSA) is 42.7 Å². The van der Waals surface area contributed by atoms with E-state index in [0.29, 0.717) is 11.5 Å². The molecular formula is C17H28N4. The van der Waals surface area contributed by atoms with E-state index in [1.807, 2.05) is 11.7 Å². The Bertz CT molecular complexity index is 471. The van der Waals surface area contributed by atoms with Gasteiger partial charge in [0, 0.05) is 25.7 Å². The lowest BCUT2D eigenvalue weighted by molar-refractivity contribution is -0.0735. The predicted molar refractivity (Wildman–Crippen MR) is 82.8 cm³/mol. The summed E-state index contributed by atoms with van der Waals surface area (Å²) in [5.74, 6) is 3.04. The number of rotatable bonds is 5. The average Bonchev–Trinajstić information content (AvgIpc) is 2.82. The molecular weight excluding hydrogens is 260 g/mol. The Labute approximate surface area is 127 Å². The summed E-state index contributed by atoms with van der Waals surface area (Å²) in [7, 11) is 1.96. The van der Waals surface area contributed by atoms with Crippen molar-refractivity contribution in [1.29, 1.82) is 0 Å². The quantitative estimate of drug-likeness (QED) is 0.905. The van der Waals surface area contributed by atoms with Gasteiger partial charge in [-0.05, 0) is 68.2 Å². The van der Waals surface area contributed by atoms with Gasteiger partial charge in [0.2, 0.25) is 0 Å². The fourth-order valence-corrected chi connectivity index (χ4v) is 6.05. The van der Waals surface area contributed by atoms with Crippen molar-refractivity contribution in [2.24, 2.45) is 30.2 Å². The van der Waals surface area contributed by atoms with E-state index in [0.717, 1.165) is 36.4 Å². The number of aromatic nitrogens is 3. The van der Waals surface area contributed by atoms with Crippen molar-refractivity contribution in [2.75, 3.05) is 6.54 Å². The standard InChI is InChI=1S/C17H28N4/c1-3-18-16(7-15-11-21(2)20-19-15)17-8-12-4-13(9-17)6-14(5-12)10-17/h11-14,16,18H,3-10H2,1-2H3. The Morgan fingerprint density at radius 1 is 1.24 bits per heavy atom. The van der Waals surface area contributed by atoms with E-state index < -0.39 is 0 Å². The van der Waals surface area contributed by atoms with Crippen LogP contribution in [-0.2, 0) is 13.5 Å². The molecule has 5 rings (SSSR count). The van der Waals surface area contributed by atoms with Crippen molar-refractivity contribution in [3.63, 3.8) is 0 Å². The normalized spacial score (nSPS) is 38.9. The second-order valence-electron chi connectivity index (χ2n) is 7.98. The molecule has 4 nitrogen and oxygen atoms in total. The zero-order valence-electron chi connectivity index (χ0n) is 13.4. The van der Waals surface area contributed by atoms with Crippen LogP contribution in [0.15, 0.2) is 6.20 Å². The first-order valence-corrected chi connectivity index (χ1v) is 8.75. The van der Waals surface area contributed by atoms with Crippen LogP contribution in [0, 0.1) is 23.2 Å². The van der Waals surface area contributed by atoms with E-state index in [2.05, 4.69) is 28.7 Å². The van der Waals surface area contributed by atoms with Crippen LogP contribution >= 0.6 is 0 Å². The van der Waals surface area contributed by atoms with Crippen LogP contribution in [0.4, 0.5) is 0 Å². The molecule has 0 amide bonds. The maximum Gasteiger partial charge on any atom is 0.0842 e. The molecule has 21 heavy (non-hydrogen) atoms. The first-order valence-electron chi connectivity index (χ1n) is 8.75. The molecule has 4 aliphatic rings. The third-order valence-electron chi connectivity index (χ3n) is 6.34. The average molecular weight is 288 g/mol. The summed E-state index contributed by atoms with van der Waals surface area (Å²) >= 11 is 0. The van der Waals surface area contributed by atoms with Gasteiger partial charge in [-0.3, -0.25) is 4.68 Å². The third kappa shape index (κ3) is 2.41. The van der Waals surface area contributed by atoms with Crippen molar-refractivity contribution in [3.05, 3.63) is 11.9 Å². The fourth-order valence-electron chi connectivity index (χ4n) is 6.05. The second kappa shape index (κ2) is 5.08. The minimum atomic E-state index is 0.544. The van der Waals surface area contributed by atoms with E-state index >= 15 is 0 Å². The molecule has 0 saturated heterocycles. The Kier molecular flexibility index (Phi) is 3.32. The lowest BCUT2D eigenvalue weighted by Gasteiger charge is -2.59. The molecule has 4 heteroatoms. The van der Waals surface area contributed by atoms with Crippen LogP contribution in [0.2, 0.25) is 0 Å². The molecule has 0 radical (unpaired) electrons. The van der Waals surface area contributed by atoms with Gasteiger partial charge in [0.1, 0.15) is 0 Å². The molecule has 1 atom stereocenters. The number of likely N-dealkylation sites (N-methyl/N-ethyl adjacent to an activating group) is 1. The third-order valence-corrected chi connectivity index (χ3v) is 6.34. The van der Waals surface area contributed by atoms with Crippen LogP contribution in [0.1, 0.15) is 51.1 Å². The van der Waals surface area contributed by atoms with E-state index in [1.165, 1.54) is 38.5 Å². The molecule has 0 aliphatic heterocycles. The van der Waals surface area contributed by atoms with Gasteiger partial charge in [-0.15, -0.1) is 5.10 Å². The van der Waals surface area contributed by atoms with Gasteiger partial charge in [0.15, 0.2) is 0 Å². The Balaban J connectivity index is 1.58. The first kappa shape index (κ1) is 13.7. The molecule has 0 spiro atoms. The Hall–Kier alpha value is -0.900. The zero-order chi connectivity index (χ0) is 14.4. The van der Waals surface area contributed by atoms with Gasteiger partial charge in [0.25, 0.3) is 0 Å². The van der Waals surface area contributed by atoms with Crippen LogP contribution in [-0.4, -0.2) is 27.6 Å². The van der Waals surface area contributed by atoms with Crippen LogP contribution in [0.5, 0.6) is 0 Å². The highest BCUT2D eigenvalue weighted by molar-refractivity contribution is 5.09. The van der Waals surface area contributed by atoms with Gasteiger partial charge in [-0.1, -0.05) is 12.1 Å².